The van der Waals surface area contributed by atoms with Gasteiger partial charge in [0.15, 0.2) is 12.2 Å². The summed E-state index contributed by atoms with van der Waals surface area (Å²) in [5.41, 5.74) is 2.09. The number of oxazole rings is 1. The van der Waals surface area contributed by atoms with Crippen molar-refractivity contribution in [1.29, 1.82) is 0 Å². The Kier molecular flexibility index (Phi) is 4.37. The lowest BCUT2D eigenvalue weighted by molar-refractivity contribution is 0.0557. The van der Waals surface area contributed by atoms with Gasteiger partial charge in [-0.15, -0.1) is 6.42 Å². The molecule has 114 valence electrons. The van der Waals surface area contributed by atoms with Crippen molar-refractivity contribution in [3.05, 3.63) is 51.5 Å². The molecule has 0 spiro atoms. The van der Waals surface area contributed by atoms with E-state index >= 15 is 0 Å². The normalized spacial score (nSPS) is 10.5. The van der Waals surface area contributed by atoms with Gasteiger partial charge in [-0.05, 0) is 36.4 Å². The SMILES string of the molecule is C#CCOC(=O)c1ccc2oc(-c3cc(Br)ccc3Cl)nc2c1. The number of carbonyl (C=O) groups is 1. The molecule has 1 aromatic heterocycles. The van der Waals surface area contributed by atoms with Gasteiger partial charge in [0, 0.05) is 4.47 Å². The summed E-state index contributed by atoms with van der Waals surface area (Å²) in [5.74, 6) is 2.12. The van der Waals surface area contributed by atoms with Crippen molar-refractivity contribution in [1.82, 2.24) is 4.98 Å². The molecule has 0 N–H and O–H groups in total. The lowest BCUT2D eigenvalue weighted by atomic mass is 10.2. The van der Waals surface area contributed by atoms with Gasteiger partial charge in [-0.25, -0.2) is 9.78 Å². The molecule has 2 aromatic carbocycles. The van der Waals surface area contributed by atoms with Crippen LogP contribution in [0.25, 0.3) is 22.6 Å². The van der Waals surface area contributed by atoms with Gasteiger partial charge in [0.05, 0.1) is 16.1 Å². The van der Waals surface area contributed by atoms with Gasteiger partial charge in [0.1, 0.15) is 5.52 Å². The van der Waals surface area contributed by atoms with Crippen LogP contribution in [0.5, 0.6) is 0 Å². The molecule has 6 heteroatoms. The number of ether oxygens (including phenoxy) is 1. The summed E-state index contributed by atoms with van der Waals surface area (Å²) in [4.78, 5) is 16.2. The van der Waals surface area contributed by atoms with Gasteiger partial charge < -0.3 is 9.15 Å². The number of carbonyl (C=O) groups excluding carboxylic acids is 1. The van der Waals surface area contributed by atoms with Crippen LogP contribution in [-0.4, -0.2) is 17.6 Å². The second kappa shape index (κ2) is 6.45. The van der Waals surface area contributed by atoms with Crippen molar-refractivity contribution in [3.63, 3.8) is 0 Å². The van der Waals surface area contributed by atoms with Gasteiger partial charge in [-0.2, -0.15) is 0 Å². The Morgan fingerprint density at radius 2 is 2.17 bits per heavy atom. The monoisotopic (exact) mass is 389 g/mol. The predicted molar refractivity (Wildman–Crippen MR) is 91.3 cm³/mol. The molecule has 3 rings (SSSR count). The van der Waals surface area contributed by atoms with E-state index in [1.807, 2.05) is 12.1 Å². The standard InChI is InChI=1S/C17H9BrClNO3/c1-2-7-22-17(21)10-3-6-15-14(8-10)20-16(23-15)12-9-11(18)4-5-13(12)19/h1,3-6,8-9H,7H2. The molecule has 0 bridgehead atoms. The molecule has 3 aromatic rings. The summed E-state index contributed by atoms with van der Waals surface area (Å²) in [5, 5.41) is 0.522. The molecule has 23 heavy (non-hydrogen) atoms. The third kappa shape index (κ3) is 3.24. The molecule has 0 atom stereocenters. The maximum atomic E-state index is 11.8. The number of benzene rings is 2. The lowest BCUT2D eigenvalue weighted by Crippen LogP contribution is -2.04. The number of hydrogen-bond acceptors (Lipinski definition) is 4. The largest absolute Gasteiger partial charge is 0.449 e. The molecule has 0 fully saturated rings. The molecule has 0 unspecified atom stereocenters. The molecule has 0 amide bonds. The van der Waals surface area contributed by atoms with Crippen molar-refractivity contribution in [3.8, 4) is 23.8 Å². The van der Waals surface area contributed by atoms with Crippen molar-refractivity contribution in [2.75, 3.05) is 6.61 Å². The first-order valence-corrected chi connectivity index (χ1v) is 7.72. The number of rotatable bonds is 3. The van der Waals surface area contributed by atoms with Crippen molar-refractivity contribution < 1.29 is 13.9 Å². The molecule has 4 nitrogen and oxygen atoms in total. The highest BCUT2D eigenvalue weighted by atomic mass is 79.9. The number of terminal acetylenes is 1. The van der Waals surface area contributed by atoms with Crippen LogP contribution in [0, 0.1) is 12.3 Å². The van der Waals surface area contributed by atoms with Gasteiger partial charge >= 0.3 is 5.97 Å². The van der Waals surface area contributed by atoms with E-state index in [1.54, 1.807) is 24.3 Å². The zero-order valence-electron chi connectivity index (χ0n) is 11.7. The summed E-state index contributed by atoms with van der Waals surface area (Å²) in [6, 6.07) is 10.2. The Morgan fingerprint density at radius 1 is 1.35 bits per heavy atom. The van der Waals surface area contributed by atoms with Crippen LogP contribution < -0.4 is 0 Å². The van der Waals surface area contributed by atoms with E-state index in [4.69, 9.17) is 27.2 Å². The molecule has 0 aliphatic heterocycles. The summed E-state index contributed by atoms with van der Waals surface area (Å²) in [7, 11) is 0. The Balaban J connectivity index is 2.01. The van der Waals surface area contributed by atoms with Crippen LogP contribution in [0.3, 0.4) is 0 Å². The summed E-state index contributed by atoms with van der Waals surface area (Å²) < 4.78 is 11.5. The second-order valence-electron chi connectivity index (χ2n) is 4.61. The number of fused-ring (bicyclic) bond motifs is 1. The number of aromatic nitrogens is 1. The van der Waals surface area contributed by atoms with E-state index in [0.717, 1.165) is 4.47 Å². The highest BCUT2D eigenvalue weighted by Crippen LogP contribution is 2.32. The van der Waals surface area contributed by atoms with E-state index in [1.165, 1.54) is 0 Å². The predicted octanol–water partition coefficient (Wildman–Crippen LogP) is 4.70. The van der Waals surface area contributed by atoms with Gasteiger partial charge in [0.2, 0.25) is 5.89 Å². The summed E-state index contributed by atoms with van der Waals surface area (Å²) >= 11 is 9.57. The van der Waals surface area contributed by atoms with E-state index in [9.17, 15) is 4.79 Å². The highest BCUT2D eigenvalue weighted by molar-refractivity contribution is 9.10. The molecule has 0 aliphatic rings. The minimum absolute atomic E-state index is 0.0748. The van der Waals surface area contributed by atoms with Crippen molar-refractivity contribution in [2.45, 2.75) is 0 Å². The Bertz CT molecular complexity index is 943. The van der Waals surface area contributed by atoms with Gasteiger partial charge in [0.25, 0.3) is 0 Å². The first-order valence-electron chi connectivity index (χ1n) is 6.55. The minimum Gasteiger partial charge on any atom is -0.449 e. The number of halogens is 2. The van der Waals surface area contributed by atoms with E-state index in [2.05, 4.69) is 26.8 Å². The second-order valence-corrected chi connectivity index (χ2v) is 5.93. The number of hydrogen-bond donors (Lipinski definition) is 0. The average Bonchev–Trinajstić information content (AvgIpc) is 2.97. The molecule has 0 radical (unpaired) electrons. The van der Waals surface area contributed by atoms with Crippen LogP contribution in [0.4, 0.5) is 0 Å². The fourth-order valence-electron chi connectivity index (χ4n) is 2.02. The molecule has 0 aliphatic carbocycles. The molecule has 0 saturated carbocycles. The molecular formula is C17H9BrClNO3. The average molecular weight is 391 g/mol. The first-order chi connectivity index (χ1) is 11.1. The molecule has 0 saturated heterocycles. The maximum absolute atomic E-state index is 11.8. The minimum atomic E-state index is -0.505. The highest BCUT2D eigenvalue weighted by Gasteiger charge is 2.14. The maximum Gasteiger partial charge on any atom is 0.339 e. The van der Waals surface area contributed by atoms with Crippen LogP contribution in [0.15, 0.2) is 45.3 Å². The Morgan fingerprint density at radius 3 is 2.96 bits per heavy atom. The van der Waals surface area contributed by atoms with E-state index in [-0.39, 0.29) is 6.61 Å². The van der Waals surface area contributed by atoms with E-state index < -0.39 is 5.97 Å². The third-order valence-electron chi connectivity index (χ3n) is 3.07. The molecular weight excluding hydrogens is 382 g/mol. The number of esters is 1. The quantitative estimate of drug-likeness (QED) is 0.480. The Hall–Kier alpha value is -2.29. The summed E-state index contributed by atoms with van der Waals surface area (Å²) in [6.07, 6.45) is 5.07. The fraction of sp³-hybridized carbons (Fsp3) is 0.0588. The fourth-order valence-corrected chi connectivity index (χ4v) is 2.58. The van der Waals surface area contributed by atoms with Crippen LogP contribution in [0.2, 0.25) is 5.02 Å². The summed E-state index contributed by atoms with van der Waals surface area (Å²) in [6.45, 7) is -0.0748. The zero-order valence-corrected chi connectivity index (χ0v) is 14.0. The zero-order chi connectivity index (χ0) is 16.4. The Labute approximate surface area is 145 Å². The van der Waals surface area contributed by atoms with Crippen LogP contribution in [-0.2, 0) is 4.74 Å². The van der Waals surface area contributed by atoms with Crippen molar-refractivity contribution >= 4 is 44.6 Å². The molecule has 1 heterocycles. The first kappa shape index (κ1) is 15.6. The lowest BCUT2D eigenvalue weighted by Gasteiger charge is -1.99. The topological polar surface area (TPSA) is 52.3 Å². The van der Waals surface area contributed by atoms with Gasteiger partial charge in [-0.1, -0.05) is 33.5 Å². The third-order valence-corrected chi connectivity index (χ3v) is 3.89. The van der Waals surface area contributed by atoms with Crippen LogP contribution >= 0.6 is 27.5 Å². The van der Waals surface area contributed by atoms with Gasteiger partial charge in [-0.3, -0.25) is 0 Å². The number of nitrogens with zero attached hydrogens (tertiary/aromatic N) is 1. The van der Waals surface area contributed by atoms with E-state index in [0.29, 0.717) is 33.1 Å². The smallest absolute Gasteiger partial charge is 0.339 e. The van der Waals surface area contributed by atoms with Crippen LogP contribution in [0.1, 0.15) is 10.4 Å². The van der Waals surface area contributed by atoms with Crippen molar-refractivity contribution in [2.24, 2.45) is 0 Å².